The highest BCUT2D eigenvalue weighted by molar-refractivity contribution is 7.92. The molecule has 6 nitrogen and oxygen atoms in total. The number of sulfonamides is 1. The van der Waals surface area contributed by atoms with E-state index >= 15 is 0 Å². The van der Waals surface area contributed by atoms with Crippen LogP contribution in [0.3, 0.4) is 0 Å². The summed E-state index contributed by atoms with van der Waals surface area (Å²) in [5.74, 6) is -2.12. The van der Waals surface area contributed by atoms with Crippen LogP contribution in [0.15, 0.2) is 58.2 Å². The van der Waals surface area contributed by atoms with Crippen LogP contribution in [0.5, 0.6) is 0 Å². The van der Waals surface area contributed by atoms with Crippen molar-refractivity contribution in [3.05, 3.63) is 76.2 Å². The molecule has 2 N–H and O–H groups in total. The maximum Gasteiger partial charge on any atom is 0.261 e. The second kappa shape index (κ2) is 6.68. The van der Waals surface area contributed by atoms with Crippen LogP contribution in [-0.4, -0.2) is 18.4 Å². The molecule has 9 heteroatoms. The van der Waals surface area contributed by atoms with Crippen LogP contribution in [0.2, 0.25) is 0 Å². The first-order valence-corrected chi connectivity index (χ1v) is 8.89. The van der Waals surface area contributed by atoms with Crippen molar-refractivity contribution in [2.24, 2.45) is 0 Å². The molecule has 0 spiro atoms. The van der Waals surface area contributed by atoms with Crippen molar-refractivity contribution >= 4 is 15.7 Å². The van der Waals surface area contributed by atoms with Gasteiger partial charge >= 0.3 is 0 Å². The largest absolute Gasteiger partial charge is 0.307 e. The number of halogens is 2. The van der Waals surface area contributed by atoms with E-state index in [2.05, 4.69) is 14.7 Å². The third kappa shape index (κ3) is 3.77. The Morgan fingerprint density at radius 2 is 1.81 bits per heavy atom. The zero-order chi connectivity index (χ0) is 18.9. The molecule has 0 fully saturated rings. The Hall–Kier alpha value is -3.07. The molecule has 2 aromatic carbocycles. The molecule has 0 aliphatic rings. The summed E-state index contributed by atoms with van der Waals surface area (Å²) < 4.78 is 53.3. The molecule has 0 saturated heterocycles. The van der Waals surface area contributed by atoms with Gasteiger partial charge in [-0.2, -0.15) is 0 Å². The van der Waals surface area contributed by atoms with Gasteiger partial charge in [-0.15, -0.1) is 0 Å². The Morgan fingerprint density at radius 3 is 2.50 bits per heavy atom. The van der Waals surface area contributed by atoms with E-state index in [4.69, 9.17) is 0 Å². The minimum absolute atomic E-state index is 0.177. The van der Waals surface area contributed by atoms with E-state index < -0.39 is 26.6 Å². The van der Waals surface area contributed by atoms with Crippen molar-refractivity contribution in [2.45, 2.75) is 11.8 Å². The van der Waals surface area contributed by atoms with Gasteiger partial charge in [0.2, 0.25) is 0 Å². The van der Waals surface area contributed by atoms with Crippen molar-refractivity contribution in [1.82, 2.24) is 9.97 Å². The van der Waals surface area contributed by atoms with Crippen molar-refractivity contribution in [1.29, 1.82) is 0 Å². The van der Waals surface area contributed by atoms with Gasteiger partial charge in [0.15, 0.2) is 11.6 Å². The normalized spacial score (nSPS) is 11.3. The first-order valence-electron chi connectivity index (χ1n) is 7.41. The van der Waals surface area contributed by atoms with E-state index in [9.17, 15) is 22.0 Å². The lowest BCUT2D eigenvalue weighted by molar-refractivity contribution is 0.504. The first kappa shape index (κ1) is 17.7. The molecule has 26 heavy (non-hydrogen) atoms. The summed E-state index contributed by atoms with van der Waals surface area (Å²) in [4.78, 5) is 17.9. The van der Waals surface area contributed by atoms with Crippen LogP contribution in [0, 0.1) is 18.6 Å². The lowest BCUT2D eigenvalue weighted by Crippen LogP contribution is -2.13. The van der Waals surface area contributed by atoms with Gasteiger partial charge in [0.25, 0.3) is 15.6 Å². The zero-order valence-corrected chi connectivity index (χ0v) is 14.3. The molecule has 134 valence electrons. The van der Waals surface area contributed by atoms with Crippen molar-refractivity contribution in [3.63, 3.8) is 0 Å². The maximum atomic E-state index is 13.3. The topological polar surface area (TPSA) is 91.9 Å². The molecule has 0 bridgehead atoms. The molecule has 3 rings (SSSR count). The number of benzene rings is 2. The van der Waals surface area contributed by atoms with Crippen LogP contribution in [-0.2, 0) is 10.0 Å². The predicted octanol–water partition coefficient (Wildman–Crippen LogP) is 2.82. The molecular weight excluding hydrogens is 364 g/mol. The van der Waals surface area contributed by atoms with E-state index in [1.807, 2.05) is 0 Å². The predicted molar refractivity (Wildman–Crippen MR) is 92.2 cm³/mol. The van der Waals surface area contributed by atoms with Crippen LogP contribution in [0.25, 0.3) is 11.4 Å². The van der Waals surface area contributed by atoms with E-state index in [0.29, 0.717) is 17.3 Å². The molecule has 0 radical (unpaired) electrons. The number of nitrogens with one attached hydrogen (secondary N) is 2. The monoisotopic (exact) mass is 377 g/mol. The summed E-state index contributed by atoms with van der Waals surface area (Å²) in [5, 5.41) is 0. The molecule has 0 unspecified atom stereocenters. The summed E-state index contributed by atoms with van der Waals surface area (Å²) in [5.41, 5.74) is 0.837. The maximum absolute atomic E-state index is 13.3. The Balaban J connectivity index is 1.95. The summed E-state index contributed by atoms with van der Waals surface area (Å²) in [6.07, 6.45) is 0. The van der Waals surface area contributed by atoms with E-state index in [0.717, 1.165) is 12.1 Å². The highest BCUT2D eigenvalue weighted by Crippen LogP contribution is 2.22. The van der Waals surface area contributed by atoms with E-state index in [-0.39, 0.29) is 17.1 Å². The number of aryl methyl sites for hydroxylation is 1. The number of rotatable bonds is 4. The molecular formula is C17H13F2N3O3S. The average Bonchev–Trinajstić information content (AvgIpc) is 2.56. The Morgan fingerprint density at radius 1 is 1.04 bits per heavy atom. The van der Waals surface area contributed by atoms with E-state index in [1.54, 1.807) is 19.1 Å². The van der Waals surface area contributed by atoms with E-state index in [1.165, 1.54) is 18.2 Å². The first-order chi connectivity index (χ1) is 12.2. The fraction of sp³-hybridized carbons (Fsp3) is 0.0588. The average molecular weight is 377 g/mol. The van der Waals surface area contributed by atoms with Gasteiger partial charge in [-0.1, -0.05) is 12.1 Å². The molecule has 0 aliphatic carbocycles. The summed E-state index contributed by atoms with van der Waals surface area (Å²) >= 11 is 0. The Labute approximate surface area is 147 Å². The van der Waals surface area contributed by atoms with Gasteiger partial charge in [0, 0.05) is 23.0 Å². The van der Waals surface area contributed by atoms with Crippen LogP contribution in [0.4, 0.5) is 14.5 Å². The number of hydrogen-bond donors (Lipinski definition) is 2. The quantitative estimate of drug-likeness (QED) is 0.731. The van der Waals surface area contributed by atoms with Crippen LogP contribution < -0.4 is 10.3 Å². The zero-order valence-electron chi connectivity index (χ0n) is 13.5. The number of hydrogen-bond acceptors (Lipinski definition) is 4. The molecule has 0 saturated carbocycles. The van der Waals surface area contributed by atoms with Gasteiger partial charge in [-0.05, 0) is 37.3 Å². The lowest BCUT2D eigenvalue weighted by atomic mass is 10.2. The SMILES string of the molecule is Cc1cc(=O)[nH]c(-c2cccc(NS(=O)(=O)c3ccc(F)c(F)c3)c2)n1. The van der Waals surface area contributed by atoms with Crippen LogP contribution >= 0.6 is 0 Å². The fourth-order valence-corrected chi connectivity index (χ4v) is 3.36. The molecule has 0 amide bonds. The minimum atomic E-state index is -4.12. The summed E-state index contributed by atoms with van der Waals surface area (Å²) in [6, 6.07) is 9.80. The highest BCUT2D eigenvalue weighted by atomic mass is 32.2. The van der Waals surface area contributed by atoms with Crippen LogP contribution in [0.1, 0.15) is 5.69 Å². The van der Waals surface area contributed by atoms with Gasteiger partial charge in [-0.3, -0.25) is 9.52 Å². The minimum Gasteiger partial charge on any atom is -0.307 e. The smallest absolute Gasteiger partial charge is 0.261 e. The number of aromatic nitrogens is 2. The lowest BCUT2D eigenvalue weighted by Gasteiger charge is -2.10. The van der Waals surface area contributed by atoms with Crippen molar-refractivity contribution < 1.29 is 17.2 Å². The third-order valence-corrected chi connectivity index (χ3v) is 4.84. The van der Waals surface area contributed by atoms with Gasteiger partial charge in [0.1, 0.15) is 5.82 Å². The summed E-state index contributed by atoms with van der Waals surface area (Å²) in [7, 11) is -4.12. The van der Waals surface area contributed by atoms with Gasteiger partial charge in [0.05, 0.1) is 4.90 Å². The fourth-order valence-electron chi connectivity index (χ4n) is 2.30. The number of aromatic amines is 1. The van der Waals surface area contributed by atoms with Crippen molar-refractivity contribution in [3.8, 4) is 11.4 Å². The van der Waals surface area contributed by atoms with Gasteiger partial charge < -0.3 is 4.98 Å². The second-order valence-corrected chi connectivity index (χ2v) is 7.18. The third-order valence-electron chi connectivity index (χ3n) is 3.46. The Bertz CT molecular complexity index is 1140. The molecule has 0 atom stereocenters. The number of H-pyrrole nitrogens is 1. The molecule has 3 aromatic rings. The molecule has 1 aromatic heterocycles. The standard InChI is InChI=1S/C17H13F2N3O3S/c1-10-7-16(23)21-17(20-10)11-3-2-4-12(8-11)22-26(24,25)13-5-6-14(18)15(19)9-13/h2-9,22H,1H3,(H,20,21,23). The van der Waals surface area contributed by atoms with Crippen molar-refractivity contribution in [2.75, 3.05) is 4.72 Å². The number of anilines is 1. The highest BCUT2D eigenvalue weighted by Gasteiger charge is 2.17. The molecule has 0 aliphatic heterocycles. The molecule has 1 heterocycles. The second-order valence-electron chi connectivity index (χ2n) is 5.50. The number of nitrogens with zero attached hydrogens (tertiary/aromatic N) is 1. The van der Waals surface area contributed by atoms with Gasteiger partial charge in [-0.25, -0.2) is 22.2 Å². The summed E-state index contributed by atoms with van der Waals surface area (Å²) in [6.45, 7) is 1.66. The Kier molecular flexibility index (Phi) is 4.56.